The largest absolute Gasteiger partial charge is 0.491 e. The highest BCUT2D eigenvalue weighted by molar-refractivity contribution is 7.92. The van der Waals surface area contributed by atoms with E-state index in [2.05, 4.69) is 10.0 Å². The molecule has 0 radical (unpaired) electrons. The zero-order chi connectivity index (χ0) is 25.5. The maximum Gasteiger partial charge on any atom is 0.317 e. The Morgan fingerprint density at radius 1 is 1.24 bits per heavy atom. The summed E-state index contributed by atoms with van der Waals surface area (Å²) < 4.78 is 38.2. The Bertz CT molecular complexity index is 955. The minimum atomic E-state index is -3.51. The molecular formula is C23H38N4O6S. The van der Waals surface area contributed by atoms with Crippen molar-refractivity contribution in [2.45, 2.75) is 46.3 Å². The number of fused-ring (bicyclic) bond motifs is 1. The number of carbonyl (C=O) groups excluding carboxylic acids is 2. The van der Waals surface area contributed by atoms with Gasteiger partial charge in [0.2, 0.25) is 10.0 Å². The number of methoxy groups -OCH3 is 1. The zero-order valence-electron chi connectivity index (χ0n) is 21.0. The van der Waals surface area contributed by atoms with Crippen molar-refractivity contribution < 1.29 is 27.5 Å². The number of rotatable bonds is 6. The lowest BCUT2D eigenvalue weighted by molar-refractivity contribution is 0.0166. The molecule has 0 spiro atoms. The number of ether oxygens (including phenoxy) is 2. The van der Waals surface area contributed by atoms with Gasteiger partial charge in [0, 0.05) is 45.4 Å². The topological polar surface area (TPSA) is 117 Å². The molecule has 0 saturated heterocycles. The standard InChI is InChI=1S/C23H38N4O6S/c1-7-11-24-23(29)27-13-16(3)21(32-6)14-26(5)22(28)19-12-18(25-34(30,31)8-2)9-10-20(19)33-15-17(27)4/h9-10,12,16-17,21,25H,7-8,11,13-15H2,1-6H3,(H,24,29)/t16-,17-,21+/m0/s1. The van der Waals surface area contributed by atoms with E-state index in [0.717, 1.165) is 6.42 Å². The van der Waals surface area contributed by atoms with Crippen LogP contribution in [0.5, 0.6) is 5.75 Å². The first-order chi connectivity index (χ1) is 16.0. The Morgan fingerprint density at radius 3 is 2.56 bits per heavy atom. The highest BCUT2D eigenvalue weighted by Crippen LogP contribution is 2.27. The molecule has 0 unspecified atom stereocenters. The molecule has 0 saturated carbocycles. The van der Waals surface area contributed by atoms with Crippen molar-refractivity contribution in [2.75, 3.05) is 50.9 Å². The number of anilines is 1. The van der Waals surface area contributed by atoms with Crippen molar-refractivity contribution in [3.8, 4) is 5.75 Å². The molecule has 0 aliphatic carbocycles. The van der Waals surface area contributed by atoms with Crippen LogP contribution in [0.1, 0.15) is 44.5 Å². The van der Waals surface area contributed by atoms with E-state index in [9.17, 15) is 18.0 Å². The number of carbonyl (C=O) groups is 2. The van der Waals surface area contributed by atoms with E-state index >= 15 is 0 Å². The fraction of sp³-hybridized carbons (Fsp3) is 0.652. The average molecular weight is 499 g/mol. The van der Waals surface area contributed by atoms with Gasteiger partial charge in [-0.05, 0) is 38.5 Å². The van der Waals surface area contributed by atoms with Gasteiger partial charge in [-0.1, -0.05) is 13.8 Å². The number of nitrogens with zero attached hydrogens (tertiary/aromatic N) is 2. The molecule has 0 aromatic heterocycles. The van der Waals surface area contributed by atoms with E-state index in [-0.39, 0.29) is 53.6 Å². The fourth-order valence-electron chi connectivity index (χ4n) is 3.71. The number of amides is 3. The summed E-state index contributed by atoms with van der Waals surface area (Å²) in [4.78, 5) is 29.5. The first-order valence-corrected chi connectivity index (χ1v) is 13.3. The van der Waals surface area contributed by atoms with Crippen molar-refractivity contribution in [3.63, 3.8) is 0 Å². The minimum absolute atomic E-state index is 0.0586. The SMILES string of the molecule is CCCNC(=O)N1C[C@H](C)[C@H](OC)CN(C)C(=O)c2cc(NS(=O)(=O)CC)ccc2OC[C@@H]1C. The number of likely N-dealkylation sites (N-methyl/N-ethyl adjacent to an activating group) is 1. The van der Waals surface area contributed by atoms with Crippen molar-refractivity contribution >= 4 is 27.6 Å². The van der Waals surface area contributed by atoms with Crippen LogP contribution < -0.4 is 14.8 Å². The van der Waals surface area contributed by atoms with Gasteiger partial charge < -0.3 is 24.6 Å². The maximum absolute atomic E-state index is 13.3. The highest BCUT2D eigenvalue weighted by atomic mass is 32.2. The first-order valence-electron chi connectivity index (χ1n) is 11.6. The molecule has 10 nitrogen and oxygen atoms in total. The summed E-state index contributed by atoms with van der Waals surface area (Å²) in [7, 11) is -0.261. The van der Waals surface area contributed by atoms with Gasteiger partial charge in [-0.25, -0.2) is 13.2 Å². The van der Waals surface area contributed by atoms with E-state index in [4.69, 9.17) is 9.47 Å². The molecule has 1 aromatic carbocycles. The third-order valence-electron chi connectivity index (χ3n) is 5.89. The molecule has 3 amide bonds. The molecule has 3 atom stereocenters. The minimum Gasteiger partial charge on any atom is -0.491 e. The van der Waals surface area contributed by atoms with Crippen molar-refractivity contribution in [1.29, 1.82) is 0 Å². The predicted molar refractivity (Wildman–Crippen MR) is 132 cm³/mol. The lowest BCUT2D eigenvalue weighted by atomic mass is 10.0. The second-order valence-electron chi connectivity index (χ2n) is 8.70. The zero-order valence-corrected chi connectivity index (χ0v) is 21.8. The molecule has 0 fully saturated rings. The van der Waals surface area contributed by atoms with E-state index < -0.39 is 10.0 Å². The monoisotopic (exact) mass is 498 g/mol. The van der Waals surface area contributed by atoms with Gasteiger partial charge in [0.15, 0.2) is 0 Å². The van der Waals surface area contributed by atoms with E-state index in [1.165, 1.54) is 17.9 Å². The molecule has 11 heteroatoms. The van der Waals surface area contributed by atoms with Crippen LogP contribution in [0.3, 0.4) is 0 Å². The Kier molecular flexibility index (Phi) is 9.99. The van der Waals surface area contributed by atoms with E-state index in [0.29, 0.717) is 25.4 Å². The molecule has 1 aromatic rings. The van der Waals surface area contributed by atoms with Gasteiger partial charge in [0.25, 0.3) is 5.91 Å². The van der Waals surface area contributed by atoms with Crippen LogP contribution in [-0.2, 0) is 14.8 Å². The van der Waals surface area contributed by atoms with Gasteiger partial charge >= 0.3 is 6.03 Å². The van der Waals surface area contributed by atoms with Crippen molar-refractivity contribution in [1.82, 2.24) is 15.1 Å². The van der Waals surface area contributed by atoms with Gasteiger partial charge in [-0.3, -0.25) is 9.52 Å². The molecule has 192 valence electrons. The molecule has 1 aliphatic heterocycles. The molecule has 1 aliphatic rings. The van der Waals surface area contributed by atoms with Gasteiger partial charge in [0.05, 0.1) is 23.5 Å². The number of sulfonamides is 1. The second kappa shape index (κ2) is 12.3. The van der Waals surface area contributed by atoms with Crippen LogP contribution in [0.25, 0.3) is 0 Å². The Balaban J connectivity index is 2.45. The molecule has 2 N–H and O–H groups in total. The number of hydrogen-bond donors (Lipinski definition) is 2. The fourth-order valence-corrected chi connectivity index (χ4v) is 4.34. The van der Waals surface area contributed by atoms with Crippen molar-refractivity contribution in [3.05, 3.63) is 23.8 Å². The van der Waals surface area contributed by atoms with Crippen LogP contribution in [0.4, 0.5) is 10.5 Å². The summed E-state index contributed by atoms with van der Waals surface area (Å²) in [5, 5.41) is 2.93. The maximum atomic E-state index is 13.3. The smallest absolute Gasteiger partial charge is 0.317 e. The Morgan fingerprint density at radius 2 is 1.94 bits per heavy atom. The molecule has 1 heterocycles. The molecular weight excluding hydrogens is 460 g/mol. The lowest BCUT2D eigenvalue weighted by Crippen LogP contribution is -2.51. The highest BCUT2D eigenvalue weighted by Gasteiger charge is 2.30. The van der Waals surface area contributed by atoms with Crippen LogP contribution in [0.2, 0.25) is 0 Å². The lowest BCUT2D eigenvalue weighted by Gasteiger charge is -2.36. The van der Waals surface area contributed by atoms with Crippen LogP contribution >= 0.6 is 0 Å². The summed E-state index contributed by atoms with van der Waals surface area (Å²) in [6.07, 6.45) is 0.513. The average Bonchev–Trinajstić information content (AvgIpc) is 2.81. The quantitative estimate of drug-likeness (QED) is 0.622. The Labute approximate surface area is 203 Å². The summed E-state index contributed by atoms with van der Waals surface area (Å²) in [5.41, 5.74) is 0.513. The number of nitrogens with one attached hydrogen (secondary N) is 2. The third kappa shape index (κ3) is 7.23. The first kappa shape index (κ1) is 27.7. The summed E-state index contributed by atoms with van der Waals surface area (Å²) in [6, 6.07) is 4.15. The summed E-state index contributed by atoms with van der Waals surface area (Å²) >= 11 is 0. The second-order valence-corrected chi connectivity index (χ2v) is 10.7. The molecule has 2 rings (SSSR count). The third-order valence-corrected chi connectivity index (χ3v) is 7.19. The van der Waals surface area contributed by atoms with Crippen LogP contribution in [-0.4, -0.2) is 88.5 Å². The van der Waals surface area contributed by atoms with Crippen LogP contribution in [0, 0.1) is 5.92 Å². The number of urea groups is 1. The molecule has 34 heavy (non-hydrogen) atoms. The number of benzene rings is 1. The van der Waals surface area contributed by atoms with Gasteiger partial charge in [0.1, 0.15) is 12.4 Å². The predicted octanol–water partition coefficient (Wildman–Crippen LogP) is 2.37. The van der Waals surface area contributed by atoms with E-state index in [1.54, 1.807) is 31.2 Å². The van der Waals surface area contributed by atoms with Crippen molar-refractivity contribution in [2.24, 2.45) is 5.92 Å². The van der Waals surface area contributed by atoms with Gasteiger partial charge in [-0.15, -0.1) is 0 Å². The van der Waals surface area contributed by atoms with Crippen LogP contribution in [0.15, 0.2) is 18.2 Å². The summed E-state index contributed by atoms with van der Waals surface area (Å²) in [6.45, 7) is 8.86. The van der Waals surface area contributed by atoms with Gasteiger partial charge in [-0.2, -0.15) is 0 Å². The Hall–Kier alpha value is -2.53. The van der Waals surface area contributed by atoms with E-state index in [1.807, 2.05) is 20.8 Å². The summed E-state index contributed by atoms with van der Waals surface area (Å²) in [5.74, 6) is -0.140. The normalized spacial score (nSPS) is 22.2. The number of hydrogen-bond acceptors (Lipinski definition) is 6. The molecule has 0 bridgehead atoms.